The lowest BCUT2D eigenvalue weighted by atomic mass is 9.91. The van der Waals surface area contributed by atoms with Crippen molar-refractivity contribution in [1.29, 1.82) is 0 Å². The zero-order valence-corrected chi connectivity index (χ0v) is 11.9. The van der Waals surface area contributed by atoms with Crippen molar-refractivity contribution in [1.82, 2.24) is 0 Å². The lowest BCUT2D eigenvalue weighted by molar-refractivity contribution is -0.127. The molecule has 1 fully saturated rings. The van der Waals surface area contributed by atoms with Crippen molar-refractivity contribution >= 4 is 15.9 Å². The molecule has 0 spiro atoms. The minimum atomic E-state index is 0.205. The van der Waals surface area contributed by atoms with Gasteiger partial charge in [-0.1, -0.05) is 35.7 Å². The normalized spacial score (nSPS) is 29.1. The number of unbranched alkanes of at least 4 members (excludes halogenated alkanes) is 2. The molecule has 0 radical (unpaired) electrons. The predicted octanol–water partition coefficient (Wildman–Crippen LogP) is 2.76. The third-order valence-corrected chi connectivity index (χ3v) is 3.75. The summed E-state index contributed by atoms with van der Waals surface area (Å²) in [4.78, 5) is 0.445. The number of alkyl halides is 1. The summed E-state index contributed by atoms with van der Waals surface area (Å²) < 4.78 is 16.5. The second kappa shape index (κ2) is 8.45. The van der Waals surface area contributed by atoms with Crippen LogP contribution in [0, 0.1) is 0 Å². The molecule has 0 aliphatic heterocycles. The Bertz CT molecular complexity index is 178. The largest absolute Gasteiger partial charge is 0.382 e. The standard InChI is InChI=1S/C12H23BrO3/c1-3-4-5-6-15-11-9-10(13)12(11)16-8-7-14-2/h10-12H,3-9H2,1-2H3. The van der Waals surface area contributed by atoms with Gasteiger partial charge in [0.15, 0.2) is 0 Å². The van der Waals surface area contributed by atoms with Crippen LogP contribution >= 0.6 is 15.9 Å². The summed E-state index contributed by atoms with van der Waals surface area (Å²) in [5.41, 5.74) is 0. The predicted molar refractivity (Wildman–Crippen MR) is 68.2 cm³/mol. The van der Waals surface area contributed by atoms with Gasteiger partial charge in [0.25, 0.3) is 0 Å². The lowest BCUT2D eigenvalue weighted by Gasteiger charge is -2.40. The van der Waals surface area contributed by atoms with Gasteiger partial charge in [0.05, 0.1) is 25.4 Å². The van der Waals surface area contributed by atoms with Crippen molar-refractivity contribution in [3.05, 3.63) is 0 Å². The van der Waals surface area contributed by atoms with Crippen LogP contribution in [0.1, 0.15) is 32.6 Å². The van der Waals surface area contributed by atoms with Gasteiger partial charge >= 0.3 is 0 Å². The van der Waals surface area contributed by atoms with Gasteiger partial charge in [-0.05, 0) is 12.8 Å². The van der Waals surface area contributed by atoms with Crippen LogP contribution in [0.3, 0.4) is 0 Å². The van der Waals surface area contributed by atoms with Crippen LogP contribution in [-0.2, 0) is 14.2 Å². The molecule has 0 aromatic heterocycles. The van der Waals surface area contributed by atoms with Crippen LogP contribution < -0.4 is 0 Å². The van der Waals surface area contributed by atoms with Gasteiger partial charge in [-0.25, -0.2) is 0 Å². The van der Waals surface area contributed by atoms with E-state index in [0.717, 1.165) is 19.4 Å². The van der Waals surface area contributed by atoms with E-state index in [2.05, 4.69) is 22.9 Å². The van der Waals surface area contributed by atoms with E-state index in [1.165, 1.54) is 12.8 Å². The number of rotatable bonds is 9. The first kappa shape index (κ1) is 14.4. The van der Waals surface area contributed by atoms with Gasteiger partial charge in [0.1, 0.15) is 0 Å². The molecule has 1 aliphatic rings. The highest BCUT2D eigenvalue weighted by atomic mass is 79.9. The van der Waals surface area contributed by atoms with Crippen molar-refractivity contribution in [3.8, 4) is 0 Å². The Morgan fingerprint density at radius 2 is 1.94 bits per heavy atom. The molecular weight excluding hydrogens is 272 g/mol. The molecule has 1 rings (SSSR count). The quantitative estimate of drug-likeness (QED) is 0.483. The molecule has 0 amide bonds. The molecule has 0 heterocycles. The minimum Gasteiger partial charge on any atom is -0.382 e. The van der Waals surface area contributed by atoms with Crippen molar-refractivity contribution in [2.75, 3.05) is 26.9 Å². The number of ether oxygens (including phenoxy) is 3. The van der Waals surface area contributed by atoms with Gasteiger partial charge in [-0.3, -0.25) is 0 Å². The Hall–Kier alpha value is 0.360. The first-order chi connectivity index (χ1) is 7.79. The summed E-state index contributed by atoms with van der Waals surface area (Å²) in [5, 5.41) is 0. The minimum absolute atomic E-state index is 0.205. The molecule has 1 saturated carbocycles. The maximum Gasteiger partial charge on any atom is 0.0963 e. The SMILES string of the molecule is CCCCCOC1CC(Br)C1OCCOC. The molecule has 0 N–H and O–H groups in total. The number of methoxy groups -OCH3 is 1. The lowest BCUT2D eigenvalue weighted by Crippen LogP contribution is -2.51. The fraction of sp³-hybridized carbons (Fsp3) is 1.00. The molecule has 0 saturated heterocycles. The van der Waals surface area contributed by atoms with E-state index in [1.54, 1.807) is 7.11 Å². The summed E-state index contributed by atoms with van der Waals surface area (Å²) in [6.07, 6.45) is 5.19. The van der Waals surface area contributed by atoms with E-state index < -0.39 is 0 Å². The Labute approximate surface area is 107 Å². The molecule has 4 heteroatoms. The van der Waals surface area contributed by atoms with Crippen molar-refractivity contribution in [2.45, 2.75) is 49.6 Å². The summed E-state index contributed by atoms with van der Waals surface area (Å²) in [6, 6.07) is 0. The topological polar surface area (TPSA) is 27.7 Å². The molecular formula is C12H23BrO3. The molecule has 3 unspecified atom stereocenters. The first-order valence-electron chi connectivity index (χ1n) is 6.15. The highest BCUT2D eigenvalue weighted by Gasteiger charge is 2.41. The fourth-order valence-corrected chi connectivity index (χ4v) is 2.62. The van der Waals surface area contributed by atoms with E-state index >= 15 is 0 Å². The second-order valence-electron chi connectivity index (χ2n) is 4.20. The van der Waals surface area contributed by atoms with Gasteiger partial charge in [0, 0.05) is 18.5 Å². The molecule has 96 valence electrons. The van der Waals surface area contributed by atoms with Gasteiger partial charge in [0.2, 0.25) is 0 Å². The van der Waals surface area contributed by atoms with Crippen LogP contribution in [0.15, 0.2) is 0 Å². The first-order valence-corrected chi connectivity index (χ1v) is 7.07. The van der Waals surface area contributed by atoms with Crippen molar-refractivity contribution < 1.29 is 14.2 Å². The van der Waals surface area contributed by atoms with E-state index in [9.17, 15) is 0 Å². The Kier molecular flexibility index (Phi) is 7.62. The van der Waals surface area contributed by atoms with Crippen LogP contribution in [0.5, 0.6) is 0 Å². The number of hydrogen-bond acceptors (Lipinski definition) is 3. The average Bonchev–Trinajstić information content (AvgIpc) is 2.28. The second-order valence-corrected chi connectivity index (χ2v) is 5.37. The third kappa shape index (κ3) is 4.70. The molecule has 0 bridgehead atoms. The smallest absolute Gasteiger partial charge is 0.0963 e. The summed E-state index contributed by atoms with van der Waals surface area (Å²) in [5.74, 6) is 0. The highest BCUT2D eigenvalue weighted by Crippen LogP contribution is 2.33. The van der Waals surface area contributed by atoms with Gasteiger partial charge < -0.3 is 14.2 Å². The van der Waals surface area contributed by atoms with E-state index in [4.69, 9.17) is 14.2 Å². The molecule has 3 nitrogen and oxygen atoms in total. The molecule has 1 aliphatic carbocycles. The third-order valence-electron chi connectivity index (χ3n) is 2.86. The fourth-order valence-electron chi connectivity index (χ4n) is 1.76. The maximum atomic E-state index is 5.80. The summed E-state index contributed by atoms with van der Waals surface area (Å²) in [7, 11) is 1.69. The van der Waals surface area contributed by atoms with Crippen LogP contribution in [0.4, 0.5) is 0 Å². The zero-order chi connectivity index (χ0) is 11.8. The van der Waals surface area contributed by atoms with Crippen molar-refractivity contribution in [3.63, 3.8) is 0 Å². The summed E-state index contributed by atoms with van der Waals surface area (Å²) in [6.45, 7) is 4.37. The van der Waals surface area contributed by atoms with Crippen LogP contribution in [0.25, 0.3) is 0 Å². The van der Waals surface area contributed by atoms with Gasteiger partial charge in [-0.15, -0.1) is 0 Å². The van der Waals surface area contributed by atoms with Crippen LogP contribution in [-0.4, -0.2) is 44.0 Å². The highest BCUT2D eigenvalue weighted by molar-refractivity contribution is 9.09. The molecule has 0 aromatic carbocycles. The Balaban J connectivity index is 2.07. The van der Waals surface area contributed by atoms with E-state index in [1.807, 2.05) is 0 Å². The average molecular weight is 295 g/mol. The summed E-state index contributed by atoms with van der Waals surface area (Å²) >= 11 is 3.60. The zero-order valence-electron chi connectivity index (χ0n) is 10.3. The molecule has 0 aromatic rings. The molecule has 16 heavy (non-hydrogen) atoms. The maximum absolute atomic E-state index is 5.80. The van der Waals surface area contributed by atoms with Crippen molar-refractivity contribution in [2.24, 2.45) is 0 Å². The van der Waals surface area contributed by atoms with E-state index in [-0.39, 0.29) is 12.2 Å². The van der Waals surface area contributed by atoms with E-state index in [0.29, 0.717) is 18.0 Å². The number of hydrogen-bond donors (Lipinski definition) is 0. The van der Waals surface area contributed by atoms with Crippen LogP contribution in [0.2, 0.25) is 0 Å². The monoisotopic (exact) mass is 294 g/mol. The number of halogens is 1. The van der Waals surface area contributed by atoms with Gasteiger partial charge in [-0.2, -0.15) is 0 Å². The molecule has 3 atom stereocenters. The Morgan fingerprint density at radius 1 is 1.12 bits per heavy atom. The Morgan fingerprint density at radius 3 is 2.56 bits per heavy atom.